The molecule has 7 nitrogen and oxygen atoms in total. The lowest BCUT2D eigenvalue weighted by atomic mass is 10.2. The van der Waals surface area contributed by atoms with Gasteiger partial charge in [0.1, 0.15) is 18.0 Å². The molecule has 1 aromatic rings. The number of aromatic hydroxyl groups is 1. The molecule has 0 radical (unpaired) electrons. The lowest BCUT2D eigenvalue weighted by Gasteiger charge is -2.07. The minimum Gasteiger partial charge on any atom is -0.506 e. The molecule has 1 heterocycles. The molecule has 0 bridgehead atoms. The van der Waals surface area contributed by atoms with E-state index in [0.717, 1.165) is 0 Å². The molecule has 9 heteroatoms. The third-order valence-electron chi connectivity index (χ3n) is 2.61. The van der Waals surface area contributed by atoms with Crippen LogP contribution in [-0.4, -0.2) is 39.6 Å². The Labute approximate surface area is 146 Å². The van der Waals surface area contributed by atoms with Crippen LogP contribution in [0.5, 0.6) is 5.75 Å². The Hall–Kier alpha value is -1.37. The molecule has 1 aliphatic heterocycles. The van der Waals surface area contributed by atoms with Crippen LogP contribution in [0.3, 0.4) is 0 Å². The van der Waals surface area contributed by atoms with E-state index in [1.165, 1.54) is 6.08 Å². The molecule has 0 saturated carbocycles. The van der Waals surface area contributed by atoms with E-state index in [2.05, 4.69) is 5.32 Å². The first kappa shape index (κ1) is 16.0. The molecule has 3 amide bonds. The molecule has 1 aromatic carbocycles. The molecule has 0 atom stereocenters. The average Bonchev–Trinajstić information content (AvgIpc) is 2.63. The van der Waals surface area contributed by atoms with Crippen LogP contribution >= 0.6 is 45.2 Å². The van der Waals surface area contributed by atoms with Crippen molar-refractivity contribution < 1.29 is 24.6 Å². The highest BCUT2D eigenvalue weighted by Gasteiger charge is 2.34. The monoisotopic (exact) mass is 514 g/mol. The van der Waals surface area contributed by atoms with E-state index in [1.807, 2.05) is 45.2 Å². The van der Waals surface area contributed by atoms with Gasteiger partial charge in [-0.15, -0.1) is 0 Å². The average molecular weight is 514 g/mol. The summed E-state index contributed by atoms with van der Waals surface area (Å²) in [5.41, 5.74) is 0.612. The summed E-state index contributed by atoms with van der Waals surface area (Å²) in [6.07, 6.45) is 1.44. The first-order valence-corrected chi connectivity index (χ1v) is 7.69. The topological polar surface area (TPSA) is 107 Å². The molecule has 0 spiro atoms. The first-order valence-electron chi connectivity index (χ1n) is 5.54. The van der Waals surface area contributed by atoms with Crippen LogP contribution in [0, 0.1) is 7.14 Å². The van der Waals surface area contributed by atoms with E-state index in [4.69, 9.17) is 5.11 Å². The number of carboxylic acid groups (broad SMARTS) is 1. The molecular formula is C12H8I2N2O5. The van der Waals surface area contributed by atoms with Gasteiger partial charge in [0.05, 0.1) is 7.14 Å². The molecule has 0 aliphatic carbocycles. The summed E-state index contributed by atoms with van der Waals surface area (Å²) in [4.78, 5) is 34.7. The van der Waals surface area contributed by atoms with Crippen molar-refractivity contribution in [1.29, 1.82) is 0 Å². The van der Waals surface area contributed by atoms with Gasteiger partial charge in [-0.3, -0.25) is 9.59 Å². The smallest absolute Gasteiger partial charge is 0.329 e. The Balaban J connectivity index is 2.33. The summed E-state index contributed by atoms with van der Waals surface area (Å²) in [6.45, 7) is -0.688. The molecule has 2 rings (SSSR count). The number of benzene rings is 1. The van der Waals surface area contributed by atoms with Crippen molar-refractivity contribution in [3.8, 4) is 5.75 Å². The van der Waals surface area contributed by atoms with Crippen molar-refractivity contribution in [3.05, 3.63) is 30.5 Å². The summed E-state index contributed by atoms with van der Waals surface area (Å²) in [5, 5.41) is 20.7. The number of carbonyl (C=O) groups excluding carboxylic acids is 2. The van der Waals surface area contributed by atoms with Crippen molar-refractivity contribution in [3.63, 3.8) is 0 Å². The Morgan fingerprint density at radius 3 is 2.38 bits per heavy atom. The Bertz CT molecular complexity index is 663. The number of nitrogens with one attached hydrogen (secondary N) is 1. The molecule has 0 aromatic heterocycles. The Morgan fingerprint density at radius 1 is 1.29 bits per heavy atom. The maximum absolute atomic E-state index is 12.0. The summed E-state index contributed by atoms with van der Waals surface area (Å²) in [7, 11) is 0. The molecule has 3 N–H and O–H groups in total. The van der Waals surface area contributed by atoms with Gasteiger partial charge in [-0.25, -0.2) is 9.69 Å². The van der Waals surface area contributed by atoms with Crippen LogP contribution < -0.4 is 5.32 Å². The van der Waals surface area contributed by atoms with E-state index in [-0.39, 0.29) is 11.4 Å². The number of rotatable bonds is 3. The quantitative estimate of drug-likeness (QED) is 0.323. The van der Waals surface area contributed by atoms with Gasteiger partial charge in [0.25, 0.3) is 5.91 Å². The highest BCUT2D eigenvalue weighted by Crippen LogP contribution is 2.28. The number of aliphatic carboxylic acids is 1. The number of urea groups is 1. The second-order valence-electron chi connectivity index (χ2n) is 4.11. The van der Waals surface area contributed by atoms with Gasteiger partial charge in [-0.05, 0) is 69.0 Å². The summed E-state index contributed by atoms with van der Waals surface area (Å²) in [6, 6.07) is 2.52. The van der Waals surface area contributed by atoms with E-state index in [0.29, 0.717) is 17.6 Å². The summed E-state index contributed by atoms with van der Waals surface area (Å²) < 4.78 is 1.20. The predicted molar refractivity (Wildman–Crippen MR) is 89.4 cm³/mol. The Morgan fingerprint density at radius 2 is 1.86 bits per heavy atom. The zero-order valence-corrected chi connectivity index (χ0v) is 14.6. The summed E-state index contributed by atoms with van der Waals surface area (Å²) >= 11 is 3.89. The lowest BCUT2D eigenvalue weighted by molar-refractivity contribution is -0.140. The van der Waals surface area contributed by atoms with Crippen LogP contribution in [-0.2, 0) is 9.59 Å². The number of carboxylic acids is 1. The number of imide groups is 1. The lowest BCUT2D eigenvalue weighted by Crippen LogP contribution is -2.35. The maximum Gasteiger partial charge on any atom is 0.329 e. The van der Waals surface area contributed by atoms with Crippen LogP contribution in [0.1, 0.15) is 5.56 Å². The number of amides is 3. The van der Waals surface area contributed by atoms with Gasteiger partial charge in [-0.2, -0.15) is 0 Å². The Kier molecular flexibility index (Phi) is 4.70. The second-order valence-corrected chi connectivity index (χ2v) is 6.43. The largest absolute Gasteiger partial charge is 0.506 e. The first-order chi connectivity index (χ1) is 9.79. The van der Waals surface area contributed by atoms with Crippen molar-refractivity contribution in [2.24, 2.45) is 0 Å². The normalized spacial score (nSPS) is 16.5. The molecular weight excluding hydrogens is 506 g/mol. The number of phenols is 1. The molecule has 110 valence electrons. The van der Waals surface area contributed by atoms with Gasteiger partial charge in [0.2, 0.25) is 0 Å². The van der Waals surface area contributed by atoms with Gasteiger partial charge < -0.3 is 15.5 Å². The van der Waals surface area contributed by atoms with Crippen LogP contribution in [0.25, 0.3) is 6.08 Å². The van der Waals surface area contributed by atoms with Crippen LogP contribution in [0.15, 0.2) is 17.8 Å². The van der Waals surface area contributed by atoms with Crippen molar-refractivity contribution in [2.75, 3.05) is 6.54 Å². The third kappa shape index (κ3) is 3.45. The van der Waals surface area contributed by atoms with Crippen molar-refractivity contribution in [2.45, 2.75) is 0 Å². The molecule has 21 heavy (non-hydrogen) atoms. The molecule has 1 aliphatic rings. The zero-order valence-electron chi connectivity index (χ0n) is 10.3. The predicted octanol–water partition coefficient (Wildman–Crippen LogP) is 1.58. The summed E-state index contributed by atoms with van der Waals surface area (Å²) in [5.74, 6) is -1.82. The highest BCUT2D eigenvalue weighted by atomic mass is 127. The van der Waals surface area contributed by atoms with E-state index < -0.39 is 24.5 Å². The van der Waals surface area contributed by atoms with E-state index in [1.54, 1.807) is 12.1 Å². The maximum atomic E-state index is 12.0. The second kappa shape index (κ2) is 6.17. The fraction of sp³-hybridized carbons (Fsp3) is 0.0833. The van der Waals surface area contributed by atoms with Crippen molar-refractivity contribution in [1.82, 2.24) is 10.2 Å². The molecule has 1 fully saturated rings. The third-order valence-corrected chi connectivity index (χ3v) is 4.25. The number of nitrogens with zero attached hydrogens (tertiary/aromatic N) is 1. The number of halogens is 2. The highest BCUT2D eigenvalue weighted by molar-refractivity contribution is 14.1. The van der Waals surface area contributed by atoms with Gasteiger partial charge >= 0.3 is 12.0 Å². The number of hydrogen-bond acceptors (Lipinski definition) is 4. The number of carbonyl (C=O) groups is 3. The molecule has 1 saturated heterocycles. The fourth-order valence-corrected chi connectivity index (χ4v) is 3.50. The van der Waals surface area contributed by atoms with E-state index in [9.17, 15) is 19.5 Å². The standard InChI is InChI=1S/C12H8I2N2O5/c13-6-1-5(2-7(14)10(6)19)3-8-11(20)16(4-9(17)18)12(21)15-8/h1-3,19H,4H2,(H,15,21)(H,17,18)/b8-3+. The van der Waals surface area contributed by atoms with Crippen LogP contribution in [0.2, 0.25) is 0 Å². The minimum absolute atomic E-state index is 0.00135. The van der Waals surface area contributed by atoms with Crippen LogP contribution in [0.4, 0.5) is 4.79 Å². The number of phenolic OH excluding ortho intramolecular Hbond substituents is 1. The molecule has 0 unspecified atom stereocenters. The fourth-order valence-electron chi connectivity index (χ4n) is 1.69. The van der Waals surface area contributed by atoms with E-state index >= 15 is 0 Å². The zero-order chi connectivity index (χ0) is 15.7. The number of hydrogen-bond donors (Lipinski definition) is 3. The minimum atomic E-state index is -1.27. The van der Waals surface area contributed by atoms with Gasteiger partial charge in [0, 0.05) is 0 Å². The van der Waals surface area contributed by atoms with Gasteiger partial charge in [-0.1, -0.05) is 0 Å². The van der Waals surface area contributed by atoms with Gasteiger partial charge in [0.15, 0.2) is 0 Å². The SMILES string of the molecule is O=C(O)CN1C(=O)N/C(=C/c2cc(I)c(O)c(I)c2)C1=O. The van der Waals surface area contributed by atoms with Crippen molar-refractivity contribution >= 4 is 69.2 Å².